The van der Waals surface area contributed by atoms with Crippen LogP contribution >= 0.6 is 0 Å². The Bertz CT molecular complexity index is 1470. The van der Waals surface area contributed by atoms with Gasteiger partial charge in [-0.05, 0) is 42.1 Å². The Hall–Kier alpha value is -2.71. The molecule has 0 aromatic heterocycles. The van der Waals surface area contributed by atoms with Crippen molar-refractivity contribution in [2.45, 2.75) is 123 Å². The van der Waals surface area contributed by atoms with Crippen molar-refractivity contribution in [3.63, 3.8) is 0 Å². The lowest BCUT2D eigenvalue weighted by molar-refractivity contribution is -0.240. The number of fused-ring (bicyclic) bond motifs is 3. The first-order valence-corrected chi connectivity index (χ1v) is 16.7. The molecule has 0 aliphatic heterocycles. The molecule has 0 saturated heterocycles. The molecular weight excluding hydrogens is 572 g/mol. The van der Waals surface area contributed by atoms with Crippen LogP contribution in [0.1, 0.15) is 128 Å². The van der Waals surface area contributed by atoms with E-state index in [0.717, 1.165) is 32.1 Å². The van der Waals surface area contributed by atoms with E-state index in [4.69, 9.17) is 0 Å². The number of phenols is 1. The van der Waals surface area contributed by atoms with Gasteiger partial charge in [0.1, 0.15) is 17.5 Å². The predicted molar refractivity (Wildman–Crippen MR) is 168 cm³/mol. The third kappa shape index (κ3) is 4.33. The average molecular weight is 623 g/mol. The molecule has 0 bridgehead atoms. The Labute approximate surface area is 266 Å². The molecule has 1 aromatic rings. The number of hydrogen-bond donors (Lipinski definition) is 3. The smallest absolute Gasteiger partial charge is 0.191 e. The number of aliphatic hydroxyl groups is 2. The van der Waals surface area contributed by atoms with E-state index in [0.29, 0.717) is 11.1 Å². The zero-order valence-corrected chi connectivity index (χ0v) is 28.0. The van der Waals surface area contributed by atoms with Crippen LogP contribution in [0, 0.1) is 40.4 Å². The normalized spacial score (nSPS) is 37.1. The topological polar surface area (TPSA) is 146 Å². The van der Waals surface area contributed by atoms with Gasteiger partial charge in [-0.3, -0.25) is 24.0 Å². The van der Waals surface area contributed by atoms with Gasteiger partial charge in [-0.1, -0.05) is 99.1 Å². The molecule has 8 heteroatoms. The molecule has 45 heavy (non-hydrogen) atoms. The van der Waals surface area contributed by atoms with Crippen molar-refractivity contribution in [2.24, 2.45) is 40.4 Å². The van der Waals surface area contributed by atoms with Gasteiger partial charge in [-0.15, -0.1) is 0 Å². The van der Waals surface area contributed by atoms with E-state index >= 15 is 0 Å². The molecule has 1 aromatic carbocycles. The summed E-state index contributed by atoms with van der Waals surface area (Å²) in [4.78, 5) is 69.5. The SMILES string of the molecule is CC(=O)C1C(=O)C(C(C)C)[C@@]2(C)[C@H](O)[C@]3(C)C(C(=O)c4c(ccc(C(C)(C)CCCC5CCCC5)c4O)[C@H]3C)C(=O)[C@@]2(O)C1=O. The van der Waals surface area contributed by atoms with Gasteiger partial charge in [0.25, 0.3) is 0 Å². The molecule has 8 nitrogen and oxygen atoms in total. The fourth-order valence-corrected chi connectivity index (χ4v) is 10.2. The van der Waals surface area contributed by atoms with Crippen LogP contribution in [-0.4, -0.2) is 55.9 Å². The van der Waals surface area contributed by atoms with Gasteiger partial charge in [0, 0.05) is 22.3 Å². The zero-order valence-electron chi connectivity index (χ0n) is 28.0. The van der Waals surface area contributed by atoms with Crippen LogP contribution in [0.25, 0.3) is 0 Å². The highest BCUT2D eigenvalue weighted by Crippen LogP contribution is 2.66. The minimum Gasteiger partial charge on any atom is -0.507 e. The van der Waals surface area contributed by atoms with E-state index < -0.39 is 86.5 Å². The first kappa shape index (κ1) is 33.6. The second-order valence-electron chi connectivity index (χ2n) is 16.0. The minimum absolute atomic E-state index is 0.0260. The quantitative estimate of drug-likeness (QED) is 0.349. The first-order valence-electron chi connectivity index (χ1n) is 16.7. The summed E-state index contributed by atoms with van der Waals surface area (Å²) in [5.41, 5.74) is -5.94. The number of aromatic hydroxyl groups is 1. The number of phenolic OH excluding ortho intramolecular Hbond substituents is 1. The molecule has 3 fully saturated rings. The molecule has 0 radical (unpaired) electrons. The maximum Gasteiger partial charge on any atom is 0.191 e. The maximum atomic E-state index is 14.6. The molecule has 3 unspecified atom stereocenters. The van der Waals surface area contributed by atoms with Crippen molar-refractivity contribution >= 4 is 28.9 Å². The Morgan fingerprint density at radius 1 is 1.04 bits per heavy atom. The second kappa shape index (κ2) is 10.9. The van der Waals surface area contributed by atoms with Crippen molar-refractivity contribution < 1.29 is 39.3 Å². The summed E-state index contributed by atoms with van der Waals surface area (Å²) in [6.45, 7) is 13.2. The second-order valence-corrected chi connectivity index (χ2v) is 16.0. The van der Waals surface area contributed by atoms with E-state index in [1.54, 1.807) is 33.8 Å². The Morgan fingerprint density at radius 2 is 1.64 bits per heavy atom. The number of benzene rings is 1. The molecule has 0 spiro atoms. The Balaban J connectivity index is 1.63. The van der Waals surface area contributed by atoms with Gasteiger partial charge in [-0.2, -0.15) is 0 Å². The third-order valence-electron chi connectivity index (χ3n) is 12.8. The van der Waals surface area contributed by atoms with Crippen LogP contribution in [0.15, 0.2) is 12.1 Å². The van der Waals surface area contributed by atoms with Crippen molar-refractivity contribution in [3.8, 4) is 5.75 Å². The van der Waals surface area contributed by atoms with Gasteiger partial charge >= 0.3 is 0 Å². The largest absolute Gasteiger partial charge is 0.507 e. The monoisotopic (exact) mass is 622 g/mol. The molecule has 5 rings (SSSR count). The van der Waals surface area contributed by atoms with Gasteiger partial charge < -0.3 is 15.3 Å². The molecular formula is C37H50O8. The van der Waals surface area contributed by atoms with E-state index in [9.17, 15) is 39.3 Å². The average Bonchev–Trinajstić information content (AvgIpc) is 3.46. The fourth-order valence-electron chi connectivity index (χ4n) is 10.2. The highest BCUT2D eigenvalue weighted by molar-refractivity contribution is 6.33. The van der Waals surface area contributed by atoms with Crippen molar-refractivity contribution in [1.29, 1.82) is 0 Å². The van der Waals surface area contributed by atoms with E-state index in [-0.39, 0.29) is 11.3 Å². The van der Waals surface area contributed by atoms with Crippen molar-refractivity contribution in [3.05, 3.63) is 28.8 Å². The minimum atomic E-state index is -2.96. The molecule has 4 aliphatic rings. The number of Topliss-reactive ketones (excluding diaryl/α,β-unsaturated/α-hetero) is 5. The van der Waals surface area contributed by atoms with Crippen LogP contribution < -0.4 is 0 Å². The van der Waals surface area contributed by atoms with Gasteiger partial charge in [0.05, 0.1) is 17.6 Å². The van der Waals surface area contributed by atoms with Crippen LogP contribution in [0.3, 0.4) is 0 Å². The van der Waals surface area contributed by atoms with Crippen LogP contribution in [0.4, 0.5) is 0 Å². The number of rotatable bonds is 7. The maximum absolute atomic E-state index is 14.6. The van der Waals surface area contributed by atoms with Gasteiger partial charge in [0.15, 0.2) is 28.7 Å². The summed E-state index contributed by atoms with van der Waals surface area (Å²) >= 11 is 0. The third-order valence-corrected chi connectivity index (χ3v) is 12.8. The predicted octanol–water partition coefficient (Wildman–Crippen LogP) is 5.26. The van der Waals surface area contributed by atoms with Crippen molar-refractivity contribution in [1.82, 2.24) is 0 Å². The summed E-state index contributed by atoms with van der Waals surface area (Å²) in [6, 6.07) is 3.62. The number of aliphatic hydroxyl groups excluding tert-OH is 1. The van der Waals surface area contributed by atoms with E-state index in [1.165, 1.54) is 32.6 Å². The highest BCUT2D eigenvalue weighted by Gasteiger charge is 2.80. The molecule has 246 valence electrons. The van der Waals surface area contributed by atoms with Crippen LogP contribution in [0.2, 0.25) is 0 Å². The molecule has 4 aliphatic carbocycles. The van der Waals surface area contributed by atoms with Gasteiger partial charge in [0.2, 0.25) is 0 Å². The van der Waals surface area contributed by atoms with Crippen LogP contribution in [0.5, 0.6) is 5.75 Å². The Morgan fingerprint density at radius 3 is 2.20 bits per heavy atom. The summed E-state index contributed by atoms with van der Waals surface area (Å²) < 4.78 is 0. The zero-order chi connectivity index (χ0) is 33.6. The molecule has 3 saturated carbocycles. The Kier molecular flexibility index (Phi) is 8.18. The number of carbonyl (C=O) groups is 5. The standard InChI is InChI=1S/C37H50O8/c1-18(2)26-29(40)24(20(4)38)31(42)37(45)32(43)27-30(41)25-22(19(3)35(27,7)33(44)36(26,37)8)15-16-23(28(25)39)34(5,6)17-11-14-21-12-9-10-13-21/h15-16,18-19,21,24,26-27,33,39,44-45H,9-14,17H2,1-8H3/t19-,24?,26?,27?,33-,35+,36+,37+/m1/s1. The van der Waals surface area contributed by atoms with E-state index in [1.807, 2.05) is 19.9 Å². The first-order chi connectivity index (χ1) is 20.8. The van der Waals surface area contributed by atoms with E-state index in [2.05, 4.69) is 0 Å². The lowest BCUT2D eigenvalue weighted by Crippen LogP contribution is -2.81. The summed E-state index contributed by atoms with van der Waals surface area (Å²) in [6.07, 6.45) is 6.28. The lowest BCUT2D eigenvalue weighted by Gasteiger charge is -2.65. The summed E-state index contributed by atoms with van der Waals surface area (Å²) in [5, 5.41) is 36.3. The summed E-state index contributed by atoms with van der Waals surface area (Å²) in [5.74, 6) is -10.2. The fraction of sp³-hybridized carbons (Fsp3) is 0.703. The van der Waals surface area contributed by atoms with Crippen LogP contribution in [-0.2, 0) is 24.6 Å². The lowest BCUT2D eigenvalue weighted by atomic mass is 9.37. The number of hydrogen-bond acceptors (Lipinski definition) is 8. The highest BCUT2D eigenvalue weighted by atomic mass is 16.3. The molecule has 3 N–H and O–H groups in total. The van der Waals surface area contributed by atoms with Gasteiger partial charge in [-0.25, -0.2) is 0 Å². The van der Waals surface area contributed by atoms with Crippen molar-refractivity contribution in [2.75, 3.05) is 0 Å². The summed E-state index contributed by atoms with van der Waals surface area (Å²) in [7, 11) is 0. The number of ketones is 5. The molecule has 0 amide bonds. The molecule has 8 atom stereocenters. The molecule has 0 heterocycles. The number of carbonyl (C=O) groups excluding carboxylic acids is 5.